The summed E-state index contributed by atoms with van der Waals surface area (Å²) in [6.45, 7) is 3.61. The lowest BCUT2D eigenvalue weighted by Crippen LogP contribution is -2.16. The quantitative estimate of drug-likeness (QED) is 0.903. The zero-order valence-electron chi connectivity index (χ0n) is 9.46. The number of hydrogen-bond donors (Lipinski definition) is 1. The maximum atomic E-state index is 8.98. The predicted octanol–water partition coefficient (Wildman–Crippen LogP) is 3.02. The Morgan fingerprint density at radius 1 is 1.56 bits per heavy atom. The van der Waals surface area contributed by atoms with Crippen molar-refractivity contribution < 1.29 is 4.74 Å². The van der Waals surface area contributed by atoms with Crippen LogP contribution in [0.3, 0.4) is 0 Å². The number of halogens is 1. The van der Waals surface area contributed by atoms with Crippen LogP contribution in [-0.2, 0) is 4.74 Å². The Bertz CT molecular complexity index is 387. The van der Waals surface area contributed by atoms with Crippen LogP contribution < -0.4 is 5.32 Å². The van der Waals surface area contributed by atoms with Gasteiger partial charge in [-0.1, -0.05) is 22.9 Å². The van der Waals surface area contributed by atoms with Gasteiger partial charge in [0.05, 0.1) is 17.9 Å². The average Bonchev–Trinajstić information content (AvgIpc) is 2.27. The van der Waals surface area contributed by atoms with Crippen LogP contribution in [-0.4, -0.2) is 20.3 Å². The van der Waals surface area contributed by atoms with Crippen LogP contribution in [0.1, 0.15) is 12.5 Å². The van der Waals surface area contributed by atoms with Gasteiger partial charge in [-0.25, -0.2) is 0 Å². The highest BCUT2D eigenvalue weighted by atomic mass is 79.9. The van der Waals surface area contributed by atoms with Gasteiger partial charge in [-0.05, 0) is 24.1 Å². The third kappa shape index (κ3) is 3.84. The molecule has 3 nitrogen and oxygen atoms in total. The summed E-state index contributed by atoms with van der Waals surface area (Å²) in [5.41, 5.74) is 1.52. The minimum absolute atomic E-state index is 0.417. The maximum Gasteiger partial charge on any atom is 0.101 e. The van der Waals surface area contributed by atoms with Crippen molar-refractivity contribution in [1.82, 2.24) is 0 Å². The molecule has 0 saturated heterocycles. The zero-order valence-corrected chi connectivity index (χ0v) is 11.0. The maximum absolute atomic E-state index is 8.98. The molecular weight excluding hydrogens is 268 g/mol. The van der Waals surface area contributed by atoms with Crippen molar-refractivity contribution in [1.29, 1.82) is 5.26 Å². The molecule has 4 heteroatoms. The molecule has 1 N–H and O–H groups in total. The van der Waals surface area contributed by atoms with E-state index in [-0.39, 0.29) is 0 Å². The topological polar surface area (TPSA) is 45.0 Å². The predicted molar refractivity (Wildman–Crippen MR) is 68.4 cm³/mol. The fraction of sp³-hybridized carbons (Fsp3) is 0.417. The number of nitriles is 1. The van der Waals surface area contributed by atoms with Crippen LogP contribution in [0.25, 0.3) is 0 Å². The first-order chi connectivity index (χ1) is 7.67. The Morgan fingerprint density at radius 2 is 2.31 bits per heavy atom. The molecule has 1 aromatic rings. The van der Waals surface area contributed by atoms with Crippen LogP contribution in [0.4, 0.5) is 5.69 Å². The molecule has 1 rings (SSSR count). The monoisotopic (exact) mass is 282 g/mol. The van der Waals surface area contributed by atoms with Crippen LogP contribution in [0, 0.1) is 17.2 Å². The number of hydrogen-bond acceptors (Lipinski definition) is 3. The number of ether oxygens (including phenoxy) is 1. The van der Waals surface area contributed by atoms with Gasteiger partial charge in [-0.2, -0.15) is 5.26 Å². The molecule has 0 aliphatic heterocycles. The van der Waals surface area contributed by atoms with E-state index in [2.05, 4.69) is 34.2 Å². The number of anilines is 1. The Hall–Kier alpha value is -1.05. The van der Waals surface area contributed by atoms with E-state index in [9.17, 15) is 0 Å². The minimum atomic E-state index is 0.417. The van der Waals surface area contributed by atoms with Crippen LogP contribution in [0.15, 0.2) is 22.7 Å². The smallest absolute Gasteiger partial charge is 0.101 e. The number of methoxy groups -OCH3 is 1. The summed E-state index contributed by atoms with van der Waals surface area (Å²) in [5, 5.41) is 12.2. The molecule has 0 aliphatic carbocycles. The summed E-state index contributed by atoms with van der Waals surface area (Å²) in [4.78, 5) is 0. The molecule has 0 heterocycles. The van der Waals surface area contributed by atoms with Crippen molar-refractivity contribution in [2.24, 2.45) is 5.92 Å². The molecule has 0 amide bonds. The normalized spacial score (nSPS) is 11.9. The summed E-state index contributed by atoms with van der Waals surface area (Å²) in [5.74, 6) is 0.417. The van der Waals surface area contributed by atoms with Gasteiger partial charge in [0.1, 0.15) is 6.07 Å². The summed E-state index contributed by atoms with van der Waals surface area (Å²) >= 11 is 3.34. The fourth-order valence-electron chi connectivity index (χ4n) is 1.39. The minimum Gasteiger partial charge on any atom is -0.384 e. The third-order valence-corrected chi connectivity index (χ3v) is 2.69. The van der Waals surface area contributed by atoms with Crippen molar-refractivity contribution >= 4 is 21.6 Å². The van der Waals surface area contributed by atoms with Crippen molar-refractivity contribution in [2.45, 2.75) is 6.92 Å². The van der Waals surface area contributed by atoms with E-state index in [1.54, 1.807) is 7.11 Å². The first kappa shape index (κ1) is 13.0. The van der Waals surface area contributed by atoms with Crippen LogP contribution in [0.5, 0.6) is 0 Å². The van der Waals surface area contributed by atoms with Crippen molar-refractivity contribution in [3.05, 3.63) is 28.2 Å². The first-order valence-corrected chi connectivity index (χ1v) is 5.89. The third-order valence-electron chi connectivity index (χ3n) is 2.19. The van der Waals surface area contributed by atoms with Crippen molar-refractivity contribution in [3.8, 4) is 6.07 Å². The van der Waals surface area contributed by atoms with Gasteiger partial charge >= 0.3 is 0 Å². The Labute approximate surface area is 105 Å². The molecule has 0 spiro atoms. The second kappa shape index (κ2) is 6.51. The van der Waals surface area contributed by atoms with Crippen molar-refractivity contribution in [2.75, 3.05) is 25.6 Å². The number of nitrogens with one attached hydrogen (secondary N) is 1. The number of rotatable bonds is 5. The molecular formula is C12H15BrN2O. The van der Waals surface area contributed by atoms with Gasteiger partial charge in [0.15, 0.2) is 0 Å². The zero-order chi connectivity index (χ0) is 12.0. The summed E-state index contributed by atoms with van der Waals surface area (Å²) in [7, 11) is 1.69. The van der Waals surface area contributed by atoms with E-state index in [4.69, 9.17) is 10.00 Å². The standard InChI is InChI=1S/C12H15BrN2O/c1-9(8-16-2)7-15-12-4-3-11(13)5-10(12)6-14/h3-5,9,15H,7-8H2,1-2H3. The molecule has 0 bridgehead atoms. The molecule has 1 atom stereocenters. The van der Waals surface area contributed by atoms with Crippen LogP contribution >= 0.6 is 15.9 Å². The van der Waals surface area contributed by atoms with Crippen molar-refractivity contribution in [3.63, 3.8) is 0 Å². The second-order valence-corrected chi connectivity index (χ2v) is 4.66. The fourth-order valence-corrected chi connectivity index (χ4v) is 1.75. The molecule has 0 radical (unpaired) electrons. The molecule has 86 valence electrons. The highest BCUT2D eigenvalue weighted by molar-refractivity contribution is 9.10. The van der Waals surface area contributed by atoms with E-state index >= 15 is 0 Å². The van der Waals surface area contributed by atoms with Crippen LogP contribution in [0.2, 0.25) is 0 Å². The lowest BCUT2D eigenvalue weighted by molar-refractivity contribution is 0.164. The lowest BCUT2D eigenvalue weighted by Gasteiger charge is -2.13. The molecule has 0 saturated carbocycles. The lowest BCUT2D eigenvalue weighted by atomic mass is 10.1. The number of benzene rings is 1. The Morgan fingerprint density at radius 3 is 2.94 bits per heavy atom. The summed E-state index contributed by atoms with van der Waals surface area (Å²) in [6.07, 6.45) is 0. The second-order valence-electron chi connectivity index (χ2n) is 3.74. The summed E-state index contributed by atoms with van der Waals surface area (Å²) in [6, 6.07) is 7.80. The Kier molecular flexibility index (Phi) is 5.30. The molecule has 0 fully saturated rings. The van der Waals surface area contributed by atoms with E-state index < -0.39 is 0 Å². The molecule has 0 aromatic heterocycles. The van der Waals surface area contributed by atoms with Gasteiger partial charge < -0.3 is 10.1 Å². The summed E-state index contributed by atoms with van der Waals surface area (Å²) < 4.78 is 5.97. The van der Waals surface area contributed by atoms with Gasteiger partial charge in [0.25, 0.3) is 0 Å². The molecule has 0 aliphatic rings. The highest BCUT2D eigenvalue weighted by Gasteiger charge is 2.05. The van der Waals surface area contributed by atoms with E-state index in [0.717, 1.165) is 16.7 Å². The van der Waals surface area contributed by atoms with Gasteiger partial charge in [-0.15, -0.1) is 0 Å². The SMILES string of the molecule is COCC(C)CNc1ccc(Br)cc1C#N. The van der Waals surface area contributed by atoms with E-state index in [1.807, 2.05) is 18.2 Å². The Balaban J connectivity index is 2.64. The van der Waals surface area contributed by atoms with Gasteiger partial charge in [0, 0.05) is 18.1 Å². The first-order valence-electron chi connectivity index (χ1n) is 5.09. The highest BCUT2D eigenvalue weighted by Crippen LogP contribution is 2.20. The number of nitrogens with zero attached hydrogens (tertiary/aromatic N) is 1. The molecule has 16 heavy (non-hydrogen) atoms. The van der Waals surface area contributed by atoms with Gasteiger partial charge in [-0.3, -0.25) is 0 Å². The average molecular weight is 283 g/mol. The van der Waals surface area contributed by atoms with E-state index in [0.29, 0.717) is 18.1 Å². The molecule has 1 unspecified atom stereocenters. The largest absolute Gasteiger partial charge is 0.384 e. The molecule has 1 aromatic carbocycles. The van der Waals surface area contributed by atoms with E-state index in [1.165, 1.54) is 0 Å². The van der Waals surface area contributed by atoms with Gasteiger partial charge in [0.2, 0.25) is 0 Å².